The zero-order valence-electron chi connectivity index (χ0n) is 9.89. The van der Waals surface area contributed by atoms with Gasteiger partial charge in [0, 0.05) is 0 Å². The van der Waals surface area contributed by atoms with Crippen LogP contribution in [0.15, 0.2) is 42.5 Å². The number of hydrogen-bond acceptors (Lipinski definition) is 3. The molecule has 0 aliphatic heterocycles. The Morgan fingerprint density at radius 2 is 1.94 bits per heavy atom. The average Bonchev–Trinajstić information content (AvgIpc) is 2.41. The maximum Gasteiger partial charge on any atom is 0.357 e. The molecule has 1 aromatic heterocycles. The van der Waals surface area contributed by atoms with Crippen molar-refractivity contribution in [2.75, 3.05) is 7.11 Å². The Morgan fingerprint density at radius 1 is 1.22 bits per heavy atom. The lowest BCUT2D eigenvalue weighted by Gasteiger charge is -2.07. The second-order valence-corrected chi connectivity index (χ2v) is 4.18. The number of benzene rings is 1. The van der Waals surface area contributed by atoms with E-state index in [0.717, 1.165) is 11.1 Å². The molecule has 0 unspecified atom stereocenters. The number of carbonyl (C=O) groups excluding carboxylic acids is 1. The molecule has 0 spiro atoms. The lowest BCUT2D eigenvalue weighted by molar-refractivity contribution is 0.0593. The van der Waals surface area contributed by atoms with Gasteiger partial charge < -0.3 is 4.74 Å². The van der Waals surface area contributed by atoms with Crippen LogP contribution in [0.3, 0.4) is 0 Å². The fourth-order valence-electron chi connectivity index (χ4n) is 1.70. The van der Waals surface area contributed by atoms with E-state index in [1.165, 1.54) is 7.11 Å². The molecule has 2 rings (SSSR count). The summed E-state index contributed by atoms with van der Waals surface area (Å²) in [6.45, 7) is 0. The Balaban J connectivity index is 2.35. The maximum absolute atomic E-state index is 11.6. The van der Waals surface area contributed by atoms with E-state index < -0.39 is 5.97 Å². The third-order valence-electron chi connectivity index (χ3n) is 2.56. The maximum atomic E-state index is 11.6. The van der Waals surface area contributed by atoms with Gasteiger partial charge in [-0.1, -0.05) is 48.0 Å². The topological polar surface area (TPSA) is 39.2 Å². The number of esters is 1. The van der Waals surface area contributed by atoms with Gasteiger partial charge in [0.25, 0.3) is 0 Å². The summed E-state index contributed by atoms with van der Waals surface area (Å²) in [7, 11) is 1.33. The summed E-state index contributed by atoms with van der Waals surface area (Å²) in [4.78, 5) is 15.7. The van der Waals surface area contributed by atoms with Gasteiger partial charge in [0.1, 0.15) is 5.15 Å². The molecule has 0 aliphatic rings. The highest BCUT2D eigenvalue weighted by atomic mass is 35.5. The van der Waals surface area contributed by atoms with Gasteiger partial charge in [-0.3, -0.25) is 0 Å². The Bertz CT molecular complexity index is 555. The van der Waals surface area contributed by atoms with Crippen molar-refractivity contribution in [3.63, 3.8) is 0 Å². The first-order chi connectivity index (χ1) is 8.70. The summed E-state index contributed by atoms with van der Waals surface area (Å²) < 4.78 is 4.71. The van der Waals surface area contributed by atoms with E-state index in [1.54, 1.807) is 12.1 Å². The van der Waals surface area contributed by atoms with Crippen LogP contribution in [-0.2, 0) is 11.2 Å². The molecule has 18 heavy (non-hydrogen) atoms. The molecular formula is C14H12ClNO2. The van der Waals surface area contributed by atoms with Gasteiger partial charge in [0.15, 0.2) is 5.69 Å². The standard InChI is InChI=1S/C14H12ClNO2/c1-18-14(17)13-11(7-8-12(15)16-13)9-10-5-3-2-4-6-10/h2-8H,9H2,1H3. The smallest absolute Gasteiger partial charge is 0.357 e. The lowest BCUT2D eigenvalue weighted by atomic mass is 10.0. The van der Waals surface area contributed by atoms with Crippen LogP contribution in [0.4, 0.5) is 0 Å². The Morgan fingerprint density at radius 3 is 2.61 bits per heavy atom. The van der Waals surface area contributed by atoms with Gasteiger partial charge in [-0.05, 0) is 23.6 Å². The Kier molecular flexibility index (Phi) is 3.95. The summed E-state index contributed by atoms with van der Waals surface area (Å²) in [5.74, 6) is -0.469. The van der Waals surface area contributed by atoms with Crippen LogP contribution in [0, 0.1) is 0 Å². The minimum Gasteiger partial charge on any atom is -0.464 e. The molecule has 2 aromatic rings. The number of aromatic nitrogens is 1. The molecule has 1 heterocycles. The van der Waals surface area contributed by atoms with E-state index in [-0.39, 0.29) is 10.8 Å². The molecule has 0 aliphatic carbocycles. The molecule has 0 atom stereocenters. The average molecular weight is 262 g/mol. The van der Waals surface area contributed by atoms with Crippen molar-refractivity contribution in [1.29, 1.82) is 0 Å². The van der Waals surface area contributed by atoms with E-state index in [1.807, 2.05) is 30.3 Å². The molecule has 0 saturated carbocycles. The number of ether oxygens (including phenoxy) is 1. The fraction of sp³-hybridized carbons (Fsp3) is 0.143. The third-order valence-corrected chi connectivity index (χ3v) is 2.77. The molecule has 0 fully saturated rings. The minimum atomic E-state index is -0.469. The van der Waals surface area contributed by atoms with Crippen molar-refractivity contribution in [2.45, 2.75) is 6.42 Å². The molecule has 0 radical (unpaired) electrons. The van der Waals surface area contributed by atoms with Crippen LogP contribution < -0.4 is 0 Å². The normalized spacial score (nSPS) is 10.1. The first kappa shape index (κ1) is 12.6. The van der Waals surface area contributed by atoms with Gasteiger partial charge in [0.05, 0.1) is 7.11 Å². The SMILES string of the molecule is COC(=O)c1nc(Cl)ccc1Cc1ccccc1. The van der Waals surface area contributed by atoms with Crippen molar-refractivity contribution in [2.24, 2.45) is 0 Å². The van der Waals surface area contributed by atoms with E-state index in [2.05, 4.69) is 4.98 Å². The summed E-state index contributed by atoms with van der Waals surface area (Å²) in [5.41, 5.74) is 2.18. The summed E-state index contributed by atoms with van der Waals surface area (Å²) >= 11 is 5.80. The monoisotopic (exact) mass is 261 g/mol. The Hall–Kier alpha value is -1.87. The predicted molar refractivity (Wildman–Crippen MR) is 69.8 cm³/mol. The zero-order chi connectivity index (χ0) is 13.0. The molecule has 0 saturated heterocycles. The number of nitrogens with zero attached hydrogens (tertiary/aromatic N) is 1. The van der Waals surface area contributed by atoms with E-state index in [9.17, 15) is 4.79 Å². The van der Waals surface area contributed by atoms with E-state index >= 15 is 0 Å². The Labute approximate surface area is 110 Å². The van der Waals surface area contributed by atoms with Crippen molar-refractivity contribution >= 4 is 17.6 Å². The predicted octanol–water partition coefficient (Wildman–Crippen LogP) is 3.11. The van der Waals surface area contributed by atoms with Crippen LogP contribution in [-0.4, -0.2) is 18.1 Å². The zero-order valence-corrected chi connectivity index (χ0v) is 10.6. The summed E-state index contributed by atoms with van der Waals surface area (Å²) in [6.07, 6.45) is 0.620. The van der Waals surface area contributed by atoms with Gasteiger partial charge in [-0.15, -0.1) is 0 Å². The second kappa shape index (κ2) is 5.65. The van der Waals surface area contributed by atoms with E-state index in [4.69, 9.17) is 16.3 Å². The number of rotatable bonds is 3. The molecule has 0 N–H and O–H groups in total. The lowest BCUT2D eigenvalue weighted by Crippen LogP contribution is -2.09. The number of halogens is 1. The van der Waals surface area contributed by atoms with Gasteiger partial charge >= 0.3 is 5.97 Å². The van der Waals surface area contributed by atoms with Crippen molar-refractivity contribution in [1.82, 2.24) is 4.98 Å². The minimum absolute atomic E-state index is 0.272. The van der Waals surface area contributed by atoms with Gasteiger partial charge in [-0.2, -0.15) is 0 Å². The molecule has 3 nitrogen and oxygen atoms in total. The first-order valence-corrected chi connectivity index (χ1v) is 5.86. The highest BCUT2D eigenvalue weighted by molar-refractivity contribution is 6.29. The van der Waals surface area contributed by atoms with Crippen molar-refractivity contribution in [3.8, 4) is 0 Å². The number of carbonyl (C=O) groups is 1. The largest absolute Gasteiger partial charge is 0.464 e. The van der Waals surface area contributed by atoms with Crippen LogP contribution in [0.1, 0.15) is 21.6 Å². The van der Waals surface area contributed by atoms with Crippen LogP contribution in [0.5, 0.6) is 0 Å². The second-order valence-electron chi connectivity index (χ2n) is 3.80. The van der Waals surface area contributed by atoms with Gasteiger partial charge in [-0.25, -0.2) is 9.78 Å². The summed E-state index contributed by atoms with van der Waals surface area (Å²) in [5, 5.41) is 0.284. The van der Waals surface area contributed by atoms with Gasteiger partial charge in [0.2, 0.25) is 0 Å². The number of pyridine rings is 1. The van der Waals surface area contributed by atoms with Crippen LogP contribution >= 0.6 is 11.6 Å². The van der Waals surface area contributed by atoms with Crippen LogP contribution in [0.25, 0.3) is 0 Å². The summed E-state index contributed by atoms with van der Waals surface area (Å²) in [6, 6.07) is 13.3. The molecular weight excluding hydrogens is 250 g/mol. The van der Waals surface area contributed by atoms with Crippen molar-refractivity contribution in [3.05, 3.63) is 64.4 Å². The molecule has 1 aromatic carbocycles. The molecule has 0 bridgehead atoms. The van der Waals surface area contributed by atoms with Crippen molar-refractivity contribution < 1.29 is 9.53 Å². The fourth-order valence-corrected chi connectivity index (χ4v) is 1.84. The quantitative estimate of drug-likeness (QED) is 0.629. The molecule has 0 amide bonds. The number of methoxy groups -OCH3 is 1. The molecule has 92 valence electrons. The van der Waals surface area contributed by atoms with E-state index in [0.29, 0.717) is 6.42 Å². The first-order valence-electron chi connectivity index (χ1n) is 5.48. The third kappa shape index (κ3) is 2.87. The highest BCUT2D eigenvalue weighted by Crippen LogP contribution is 2.16. The number of hydrogen-bond donors (Lipinski definition) is 0. The van der Waals surface area contributed by atoms with Crippen LogP contribution in [0.2, 0.25) is 5.15 Å². The molecule has 4 heteroatoms. The highest BCUT2D eigenvalue weighted by Gasteiger charge is 2.14.